The van der Waals surface area contributed by atoms with E-state index in [1.165, 1.54) is 6.08 Å². The standard InChI is InChI=1S/C14H16N4O2/c1-2-13(19)18-7-11(8-18)14(20)17-4-3-12-10(6-17)5-15-9-16-12/h2,5,9,11H,1,3-4,6-8H2. The van der Waals surface area contributed by atoms with Crippen LogP contribution in [0.25, 0.3) is 0 Å². The van der Waals surface area contributed by atoms with E-state index in [1.807, 2.05) is 4.90 Å². The first-order valence-electron chi connectivity index (χ1n) is 6.67. The highest BCUT2D eigenvalue weighted by atomic mass is 16.2. The zero-order valence-electron chi connectivity index (χ0n) is 11.2. The van der Waals surface area contributed by atoms with E-state index >= 15 is 0 Å². The molecule has 0 aliphatic carbocycles. The third kappa shape index (κ3) is 2.17. The lowest BCUT2D eigenvalue weighted by atomic mass is 9.96. The second kappa shape index (κ2) is 5.03. The number of likely N-dealkylation sites (tertiary alicyclic amines) is 1. The van der Waals surface area contributed by atoms with E-state index in [1.54, 1.807) is 17.4 Å². The van der Waals surface area contributed by atoms with Crippen LogP contribution in [-0.4, -0.2) is 51.2 Å². The minimum absolute atomic E-state index is 0.0786. The topological polar surface area (TPSA) is 66.4 Å². The van der Waals surface area contributed by atoms with Gasteiger partial charge in [-0.15, -0.1) is 0 Å². The first-order chi connectivity index (χ1) is 9.69. The zero-order chi connectivity index (χ0) is 14.1. The largest absolute Gasteiger partial charge is 0.337 e. The average Bonchev–Trinajstić information content (AvgIpc) is 2.44. The Balaban J connectivity index is 1.61. The van der Waals surface area contributed by atoms with Gasteiger partial charge < -0.3 is 9.80 Å². The summed E-state index contributed by atoms with van der Waals surface area (Å²) in [4.78, 5) is 35.4. The van der Waals surface area contributed by atoms with Gasteiger partial charge in [0.05, 0.1) is 11.6 Å². The summed E-state index contributed by atoms with van der Waals surface area (Å²) < 4.78 is 0. The van der Waals surface area contributed by atoms with Crippen LogP contribution >= 0.6 is 0 Å². The number of amides is 2. The molecule has 2 aliphatic rings. The molecule has 0 N–H and O–H groups in total. The van der Waals surface area contributed by atoms with Gasteiger partial charge in [-0.1, -0.05) is 6.58 Å². The van der Waals surface area contributed by atoms with Crippen LogP contribution in [-0.2, 0) is 22.6 Å². The molecule has 1 aromatic heterocycles. The van der Waals surface area contributed by atoms with Crippen molar-refractivity contribution in [3.8, 4) is 0 Å². The Morgan fingerprint density at radius 1 is 1.35 bits per heavy atom. The van der Waals surface area contributed by atoms with E-state index in [4.69, 9.17) is 0 Å². The number of hydrogen-bond acceptors (Lipinski definition) is 4. The van der Waals surface area contributed by atoms with E-state index in [9.17, 15) is 9.59 Å². The third-order valence-electron chi connectivity index (χ3n) is 3.89. The van der Waals surface area contributed by atoms with Gasteiger partial charge in [0.2, 0.25) is 11.8 Å². The number of nitrogens with zero attached hydrogens (tertiary/aromatic N) is 4. The Kier molecular flexibility index (Phi) is 3.22. The van der Waals surface area contributed by atoms with E-state index in [-0.39, 0.29) is 17.7 Å². The van der Waals surface area contributed by atoms with Gasteiger partial charge >= 0.3 is 0 Å². The summed E-state index contributed by atoms with van der Waals surface area (Å²) in [6.07, 6.45) is 5.37. The summed E-state index contributed by atoms with van der Waals surface area (Å²) in [6, 6.07) is 0. The molecule has 2 aliphatic heterocycles. The van der Waals surface area contributed by atoms with Crippen molar-refractivity contribution in [2.75, 3.05) is 19.6 Å². The van der Waals surface area contributed by atoms with Gasteiger partial charge in [-0.3, -0.25) is 9.59 Å². The van der Waals surface area contributed by atoms with Gasteiger partial charge in [-0.25, -0.2) is 9.97 Å². The number of fused-ring (bicyclic) bond motifs is 1. The summed E-state index contributed by atoms with van der Waals surface area (Å²) in [5.74, 6) is -0.0656. The maximum absolute atomic E-state index is 12.4. The lowest BCUT2D eigenvalue weighted by molar-refractivity contribution is -0.146. The lowest BCUT2D eigenvalue weighted by Crippen LogP contribution is -2.56. The molecule has 1 aromatic rings. The van der Waals surface area contributed by atoms with Gasteiger partial charge in [0.25, 0.3) is 0 Å². The summed E-state index contributed by atoms with van der Waals surface area (Å²) in [5.41, 5.74) is 2.05. The van der Waals surface area contributed by atoms with Crippen molar-refractivity contribution in [1.29, 1.82) is 0 Å². The Morgan fingerprint density at radius 3 is 2.90 bits per heavy atom. The summed E-state index contributed by atoms with van der Waals surface area (Å²) in [5, 5.41) is 0. The highest BCUT2D eigenvalue weighted by Gasteiger charge is 2.37. The molecule has 3 rings (SSSR count). The molecule has 0 radical (unpaired) electrons. The molecule has 1 saturated heterocycles. The minimum atomic E-state index is -0.105. The van der Waals surface area contributed by atoms with Crippen LogP contribution in [0.15, 0.2) is 25.2 Å². The number of carbonyl (C=O) groups is 2. The number of rotatable bonds is 2. The highest BCUT2D eigenvalue weighted by Crippen LogP contribution is 2.22. The van der Waals surface area contributed by atoms with Crippen molar-refractivity contribution >= 4 is 11.8 Å². The van der Waals surface area contributed by atoms with E-state index in [0.717, 1.165) is 17.7 Å². The van der Waals surface area contributed by atoms with E-state index in [0.29, 0.717) is 26.2 Å². The predicted molar refractivity (Wildman–Crippen MR) is 71.4 cm³/mol. The van der Waals surface area contributed by atoms with Gasteiger partial charge in [0.1, 0.15) is 6.33 Å². The van der Waals surface area contributed by atoms with Crippen LogP contribution < -0.4 is 0 Å². The van der Waals surface area contributed by atoms with Crippen LogP contribution in [0.4, 0.5) is 0 Å². The van der Waals surface area contributed by atoms with E-state index < -0.39 is 0 Å². The van der Waals surface area contributed by atoms with Crippen LogP contribution in [0.1, 0.15) is 11.3 Å². The van der Waals surface area contributed by atoms with Gasteiger partial charge in [-0.2, -0.15) is 0 Å². The fourth-order valence-electron chi connectivity index (χ4n) is 2.66. The second-order valence-corrected chi connectivity index (χ2v) is 5.15. The maximum atomic E-state index is 12.4. The van der Waals surface area contributed by atoms with Crippen molar-refractivity contribution in [2.24, 2.45) is 5.92 Å². The SMILES string of the molecule is C=CC(=O)N1CC(C(=O)N2CCc3ncncc3C2)C1. The van der Waals surface area contributed by atoms with Crippen LogP contribution in [0.5, 0.6) is 0 Å². The molecule has 0 atom stereocenters. The number of aromatic nitrogens is 2. The lowest BCUT2D eigenvalue weighted by Gasteiger charge is -2.41. The normalized spacial score (nSPS) is 18.2. The van der Waals surface area contributed by atoms with Gasteiger partial charge in [-0.05, 0) is 6.08 Å². The average molecular weight is 272 g/mol. The van der Waals surface area contributed by atoms with Crippen molar-refractivity contribution in [2.45, 2.75) is 13.0 Å². The quantitative estimate of drug-likeness (QED) is 0.711. The summed E-state index contributed by atoms with van der Waals surface area (Å²) in [6.45, 7) is 5.70. The maximum Gasteiger partial charge on any atom is 0.246 e. The van der Waals surface area contributed by atoms with Crippen LogP contribution in [0, 0.1) is 5.92 Å². The van der Waals surface area contributed by atoms with Gasteiger partial charge in [0, 0.05) is 44.4 Å². The molecule has 0 bridgehead atoms. The van der Waals surface area contributed by atoms with Crippen LogP contribution in [0.3, 0.4) is 0 Å². The van der Waals surface area contributed by atoms with Crippen molar-refractivity contribution in [1.82, 2.24) is 19.8 Å². The molecule has 104 valence electrons. The Morgan fingerprint density at radius 2 is 2.15 bits per heavy atom. The first kappa shape index (κ1) is 12.8. The molecule has 6 heteroatoms. The number of hydrogen-bond donors (Lipinski definition) is 0. The monoisotopic (exact) mass is 272 g/mol. The molecule has 2 amide bonds. The zero-order valence-corrected chi connectivity index (χ0v) is 11.2. The molecule has 20 heavy (non-hydrogen) atoms. The molecule has 3 heterocycles. The highest BCUT2D eigenvalue weighted by molar-refractivity contribution is 5.90. The Labute approximate surface area is 117 Å². The minimum Gasteiger partial charge on any atom is -0.337 e. The Hall–Kier alpha value is -2.24. The predicted octanol–water partition coefficient (Wildman–Crippen LogP) is 0.00570. The second-order valence-electron chi connectivity index (χ2n) is 5.15. The molecule has 1 fully saturated rings. The molecule has 0 unspecified atom stereocenters. The summed E-state index contributed by atoms with van der Waals surface area (Å²) >= 11 is 0. The Bertz CT molecular complexity index is 566. The molecule has 6 nitrogen and oxygen atoms in total. The van der Waals surface area contributed by atoms with Crippen molar-refractivity contribution in [3.05, 3.63) is 36.4 Å². The third-order valence-corrected chi connectivity index (χ3v) is 3.89. The molecular weight excluding hydrogens is 256 g/mol. The smallest absolute Gasteiger partial charge is 0.246 e. The molecule has 0 spiro atoms. The molecule has 0 aromatic carbocycles. The van der Waals surface area contributed by atoms with Crippen molar-refractivity contribution < 1.29 is 9.59 Å². The fourth-order valence-corrected chi connectivity index (χ4v) is 2.66. The summed E-state index contributed by atoms with van der Waals surface area (Å²) in [7, 11) is 0. The molecular formula is C14H16N4O2. The molecule has 0 saturated carbocycles. The van der Waals surface area contributed by atoms with Crippen LogP contribution in [0.2, 0.25) is 0 Å². The van der Waals surface area contributed by atoms with Gasteiger partial charge in [0.15, 0.2) is 0 Å². The van der Waals surface area contributed by atoms with E-state index in [2.05, 4.69) is 16.5 Å². The number of carbonyl (C=O) groups excluding carboxylic acids is 2. The van der Waals surface area contributed by atoms with Crippen molar-refractivity contribution in [3.63, 3.8) is 0 Å². The fraction of sp³-hybridized carbons (Fsp3) is 0.429. The first-order valence-corrected chi connectivity index (χ1v) is 6.67.